The number of benzene rings is 9. The smallest absolute Gasteiger partial charge is 0.239 e. The number of carbonyl (C=O) groups is 4. The van der Waals surface area contributed by atoms with Crippen molar-refractivity contribution in [3.63, 3.8) is 0 Å². The molecule has 9 aromatic carbocycles. The van der Waals surface area contributed by atoms with Crippen LogP contribution in [-0.4, -0.2) is 105 Å². The summed E-state index contributed by atoms with van der Waals surface area (Å²) in [4.78, 5) is 71.0. The number of aromatic nitrogens is 14. The zero-order chi connectivity index (χ0) is 93.0. The molecule has 0 saturated carbocycles. The lowest BCUT2D eigenvalue weighted by molar-refractivity contribution is -0.119. The number of nitrogens with one attached hydrogen (secondary N) is 2. The molecule has 0 saturated heterocycles. The molecule has 0 aliphatic carbocycles. The molecule has 24 nitrogen and oxygen atoms in total. The van der Waals surface area contributed by atoms with Gasteiger partial charge in [0.15, 0.2) is 5.65 Å². The molecular weight excluding hydrogens is 1730 g/mol. The Kier molecular flexibility index (Phi) is 27.3. The van der Waals surface area contributed by atoms with Crippen LogP contribution in [0.1, 0.15) is 22.3 Å². The molecule has 32 heteroatoms. The van der Waals surface area contributed by atoms with Crippen LogP contribution in [0.15, 0.2) is 293 Å². The number of primary amides is 4. The fourth-order valence-electron chi connectivity index (χ4n) is 14.7. The monoisotopic (exact) mass is 1800 g/mol. The van der Waals surface area contributed by atoms with E-state index in [-0.39, 0.29) is 59.2 Å². The van der Waals surface area contributed by atoms with Crippen LogP contribution in [0, 0.1) is 61.1 Å². The number of carbonyl (C=O) groups excluding carboxylic acids is 4. The van der Waals surface area contributed by atoms with Gasteiger partial charge >= 0.3 is 0 Å². The van der Waals surface area contributed by atoms with Gasteiger partial charge in [-0.15, -0.1) is 0 Å². The number of halogens is 8. The van der Waals surface area contributed by atoms with Gasteiger partial charge in [-0.1, -0.05) is 89.9 Å². The highest BCUT2D eigenvalue weighted by molar-refractivity contribution is 6.31. The molecule has 0 spiro atoms. The van der Waals surface area contributed by atoms with Gasteiger partial charge in [0, 0.05) is 144 Å². The summed E-state index contributed by atoms with van der Waals surface area (Å²) in [5, 5.41) is 30.0. The van der Waals surface area contributed by atoms with Gasteiger partial charge in [0.25, 0.3) is 0 Å². The quantitative estimate of drug-likeness (QED) is 0.0235. The molecule has 0 bridgehead atoms. The lowest BCUT2D eigenvalue weighted by Gasteiger charge is -2.13. The van der Waals surface area contributed by atoms with E-state index in [1.807, 2.05) is 121 Å². The fraction of sp³-hybridized carbons (Fsp3) is 0.0700. The molecule has 0 radical (unpaired) electrons. The minimum absolute atomic E-state index is 0.000417. The third-order valence-electron chi connectivity index (χ3n) is 21.0. The Morgan fingerprint density at radius 3 is 1.33 bits per heavy atom. The van der Waals surface area contributed by atoms with E-state index in [2.05, 4.69) is 55.6 Å². The van der Waals surface area contributed by atoms with E-state index in [1.165, 1.54) is 47.6 Å². The normalized spacial score (nSPS) is 10.9. The van der Waals surface area contributed by atoms with Gasteiger partial charge < -0.3 is 33.7 Å². The minimum Gasteiger partial charge on any atom is -0.376 e. The molecule has 0 fully saturated rings. The molecule has 19 rings (SSSR count). The second-order valence-electron chi connectivity index (χ2n) is 30.2. The number of anilines is 1. The largest absolute Gasteiger partial charge is 0.376 e. The molecule has 0 atom stereocenters. The molecule has 10 N–H and O–H groups in total. The summed E-state index contributed by atoms with van der Waals surface area (Å²) < 4.78 is 88.4. The predicted octanol–water partition coefficient (Wildman–Crippen LogP) is 19.6. The first-order valence-corrected chi connectivity index (χ1v) is 41.3. The van der Waals surface area contributed by atoms with Crippen LogP contribution in [0.4, 0.5) is 32.0 Å². The third-order valence-corrected chi connectivity index (χ3v) is 21.6. The fourth-order valence-corrected chi connectivity index (χ4v) is 15.1. The van der Waals surface area contributed by atoms with Gasteiger partial charge in [0.05, 0.1) is 74.0 Å². The summed E-state index contributed by atoms with van der Waals surface area (Å²) in [6.45, 7) is 5.24. The minimum atomic E-state index is -0.806. The van der Waals surface area contributed by atoms with Crippen molar-refractivity contribution in [2.24, 2.45) is 22.9 Å². The standard InChI is InChI=1S/2C21H17FN4O.C21H19FN4O.C20H14ClFN4O.C17H9ClF2N4/c1-13-9-15(4-6-18(13)22)21-17(3-2-8-24-21)14-5-7-19-16(10-14)11-26(25-19)12-20(23)27;1-13-9-15(4-6-18(13)22)21-17(3-2-8-24-21)14-5-7-19-16(10-14)11-25-26(19)12-20(23)27;1-13-9-15(6-7-18(13)22)21-17(3-2-8-25-21)14-4-5-16(11-23)19(10-14)26-12-20(24)27;21-16-8-13(5-6-17(16)22)20-15(2-1-7-24-20)12-3-4-14-10-25-26(11-19(23)27)18(14)9-12;18-13-6-12(14(19)7-15(13)20)17-11(2-1-5-21-17)10-3-4-16-22-9-23-24(16)8-10/h2*2-11H,12H2,1H3,(H2,23,27);2-11,23,26H,12H2,1H3,(H2,24,27);1-10H,11H2,(H2,23,27);1-9H. The maximum atomic E-state index is 14.2. The zero-order valence-electron chi connectivity index (χ0n) is 70.3. The lowest BCUT2D eigenvalue weighted by Crippen LogP contribution is -2.22. The van der Waals surface area contributed by atoms with Crippen molar-refractivity contribution in [3.8, 4) is 112 Å². The van der Waals surface area contributed by atoms with Gasteiger partial charge in [-0.05, 0) is 217 Å². The molecule has 4 amide bonds. The van der Waals surface area contributed by atoms with Crippen molar-refractivity contribution in [1.29, 1.82) is 5.41 Å². The Balaban J connectivity index is 0.000000126. The van der Waals surface area contributed by atoms with Crippen molar-refractivity contribution < 1.29 is 45.5 Å². The summed E-state index contributed by atoms with van der Waals surface area (Å²) in [7, 11) is 0. The number of nitrogens with zero attached hydrogens (tertiary/aromatic N) is 14. The molecule has 10 aromatic heterocycles. The number of hydrogen-bond donors (Lipinski definition) is 6. The van der Waals surface area contributed by atoms with Gasteiger partial charge in [0.1, 0.15) is 60.9 Å². The first-order chi connectivity index (χ1) is 63.7. The first kappa shape index (κ1) is 90.1. The van der Waals surface area contributed by atoms with E-state index < -0.39 is 41.1 Å². The van der Waals surface area contributed by atoms with Crippen molar-refractivity contribution >= 4 is 97.1 Å². The summed E-state index contributed by atoms with van der Waals surface area (Å²) in [5.41, 5.74) is 42.5. The Hall–Kier alpha value is -16.7. The Morgan fingerprint density at radius 1 is 0.379 bits per heavy atom. The van der Waals surface area contributed by atoms with E-state index in [0.29, 0.717) is 56.1 Å². The summed E-state index contributed by atoms with van der Waals surface area (Å²) in [5.74, 6) is -4.57. The Morgan fingerprint density at radius 2 is 0.818 bits per heavy atom. The number of nitrogens with two attached hydrogens (primary N) is 4. The van der Waals surface area contributed by atoms with Crippen LogP contribution in [0.2, 0.25) is 10.0 Å². The first-order valence-electron chi connectivity index (χ1n) is 40.6. The van der Waals surface area contributed by atoms with E-state index in [0.717, 1.165) is 123 Å². The average molecular weight is 1810 g/mol. The highest BCUT2D eigenvalue weighted by Crippen LogP contribution is 2.40. The molecule has 656 valence electrons. The van der Waals surface area contributed by atoms with Crippen LogP contribution in [-0.2, 0) is 38.8 Å². The van der Waals surface area contributed by atoms with Crippen LogP contribution >= 0.6 is 23.2 Å². The van der Waals surface area contributed by atoms with Crippen molar-refractivity contribution in [1.82, 2.24) is 68.9 Å². The van der Waals surface area contributed by atoms with Crippen LogP contribution < -0.4 is 28.3 Å². The summed E-state index contributed by atoms with van der Waals surface area (Å²) in [6, 6.07) is 66.8. The topological polar surface area (TPSA) is 356 Å². The number of hydrogen-bond acceptors (Lipinski definition) is 16. The van der Waals surface area contributed by atoms with Crippen LogP contribution in [0.3, 0.4) is 0 Å². The maximum absolute atomic E-state index is 14.2. The second-order valence-corrected chi connectivity index (χ2v) is 31.0. The molecular formula is C100H76Cl2F6N20O4. The van der Waals surface area contributed by atoms with E-state index in [1.54, 1.807) is 163 Å². The molecule has 10 heterocycles. The summed E-state index contributed by atoms with van der Waals surface area (Å²) >= 11 is 11.7. The van der Waals surface area contributed by atoms with Gasteiger partial charge in [-0.2, -0.15) is 20.4 Å². The van der Waals surface area contributed by atoms with Gasteiger partial charge in [0.2, 0.25) is 23.6 Å². The van der Waals surface area contributed by atoms with E-state index >= 15 is 0 Å². The van der Waals surface area contributed by atoms with Crippen molar-refractivity contribution in [2.45, 2.75) is 40.4 Å². The van der Waals surface area contributed by atoms with Crippen molar-refractivity contribution in [2.75, 3.05) is 11.9 Å². The molecule has 0 aliphatic heterocycles. The molecule has 0 aliphatic rings. The third kappa shape index (κ3) is 20.8. The number of aryl methyl sites for hydroxylation is 3. The SMILES string of the molecule is Cc1cc(-c2ncccc2-c2ccc(C=N)c(NCC(N)=O)c2)ccc1F.Cc1cc(-c2ncccc2-c2ccc3c(cnn3CC(N)=O)c2)ccc1F.Cc1cc(-c2ncccc2-c2ccc3nn(CC(N)=O)cc3c2)ccc1F.Fc1cc(F)c(-c2ncccc2-c2ccc3ncnn3c2)cc1Cl.NC(=O)Cn1ncc2ccc(-c3cccnc3-c3ccc(F)c(Cl)c3)cc21. The maximum Gasteiger partial charge on any atom is 0.239 e. The summed E-state index contributed by atoms with van der Waals surface area (Å²) in [6.07, 6.45) is 18.0. The van der Waals surface area contributed by atoms with Gasteiger partial charge in [-0.3, -0.25) is 58.1 Å². The Bertz CT molecular complexity index is 7550. The number of pyridine rings is 6. The van der Waals surface area contributed by atoms with E-state index in [9.17, 15) is 45.5 Å². The van der Waals surface area contributed by atoms with Crippen LogP contribution in [0.5, 0.6) is 0 Å². The highest BCUT2D eigenvalue weighted by Gasteiger charge is 2.22. The molecule has 132 heavy (non-hydrogen) atoms. The highest BCUT2D eigenvalue weighted by atomic mass is 35.5. The average Bonchev–Trinajstić information content (AvgIpc) is 1.20. The molecule has 0 unspecified atom stereocenters. The van der Waals surface area contributed by atoms with Crippen molar-refractivity contribution in [3.05, 3.63) is 360 Å². The predicted molar refractivity (Wildman–Crippen MR) is 499 cm³/mol. The van der Waals surface area contributed by atoms with Gasteiger partial charge in [-0.25, -0.2) is 35.8 Å². The van der Waals surface area contributed by atoms with Crippen LogP contribution in [0.25, 0.3) is 150 Å². The zero-order valence-corrected chi connectivity index (χ0v) is 71.9. The Labute approximate surface area is 759 Å². The lowest BCUT2D eigenvalue weighted by atomic mass is 9.97. The molecule has 19 aromatic rings. The number of rotatable bonds is 20. The number of amides is 4. The number of fused-ring (bicyclic) bond motifs is 4. The second kappa shape index (κ2) is 40.1. The van der Waals surface area contributed by atoms with E-state index in [4.69, 9.17) is 51.5 Å².